The topological polar surface area (TPSA) is 49.6 Å². The molecule has 0 aliphatic heterocycles. The summed E-state index contributed by atoms with van der Waals surface area (Å²) in [6, 6.07) is 5.82. The molecule has 0 spiro atoms. The average Bonchev–Trinajstić information content (AvgIpc) is 2.95. The molecule has 0 aromatic heterocycles. The lowest BCUT2D eigenvalue weighted by molar-refractivity contribution is 0.0667. The van der Waals surface area contributed by atoms with Crippen molar-refractivity contribution >= 4 is 27.5 Å². The van der Waals surface area contributed by atoms with E-state index in [2.05, 4.69) is 20.8 Å². The van der Waals surface area contributed by atoms with Crippen LogP contribution in [-0.4, -0.2) is 48.9 Å². The minimum Gasteiger partial charge on any atom is -0.398 e. The first-order chi connectivity index (χ1) is 9.99. The predicted molar refractivity (Wildman–Crippen MR) is 90.4 cm³/mol. The number of nitrogens with zero attached hydrogens (tertiary/aromatic N) is 2. The van der Waals surface area contributed by atoms with Crippen LogP contribution in [0.15, 0.2) is 22.7 Å². The zero-order valence-corrected chi connectivity index (χ0v) is 14.4. The number of carbonyl (C=O) groups excluding carboxylic acids is 1. The first-order valence-electron chi connectivity index (χ1n) is 7.50. The van der Waals surface area contributed by atoms with Crippen LogP contribution in [0.1, 0.15) is 36.0 Å². The summed E-state index contributed by atoms with van der Waals surface area (Å²) in [7, 11) is 4.08. The lowest BCUT2D eigenvalue weighted by atomic mass is 10.1. The normalized spacial score (nSPS) is 15.6. The number of likely N-dealkylation sites (N-methyl/N-ethyl adjacent to an activating group) is 1. The Bertz CT molecular complexity index is 498. The van der Waals surface area contributed by atoms with Crippen molar-refractivity contribution in [1.82, 2.24) is 9.80 Å². The van der Waals surface area contributed by atoms with Gasteiger partial charge in [0.2, 0.25) is 0 Å². The highest BCUT2D eigenvalue weighted by Gasteiger charge is 2.27. The Morgan fingerprint density at radius 1 is 1.29 bits per heavy atom. The van der Waals surface area contributed by atoms with Crippen LogP contribution in [0.2, 0.25) is 0 Å². The number of halogens is 1. The van der Waals surface area contributed by atoms with E-state index in [-0.39, 0.29) is 5.91 Å². The molecular formula is C16H24BrN3O. The number of amides is 1. The number of benzene rings is 1. The van der Waals surface area contributed by atoms with Crippen molar-refractivity contribution in [2.75, 3.05) is 32.9 Å². The maximum absolute atomic E-state index is 12.9. The summed E-state index contributed by atoms with van der Waals surface area (Å²) in [6.45, 7) is 1.66. The summed E-state index contributed by atoms with van der Waals surface area (Å²) in [6.07, 6.45) is 4.69. The van der Waals surface area contributed by atoms with Crippen LogP contribution >= 0.6 is 15.9 Å². The number of hydrogen-bond acceptors (Lipinski definition) is 3. The number of nitrogens with two attached hydrogens (primary N) is 1. The zero-order valence-electron chi connectivity index (χ0n) is 12.8. The fourth-order valence-corrected chi connectivity index (χ4v) is 3.18. The number of anilines is 1. The maximum Gasteiger partial charge on any atom is 0.254 e. The summed E-state index contributed by atoms with van der Waals surface area (Å²) < 4.78 is 0.785. The van der Waals surface area contributed by atoms with Gasteiger partial charge in [0, 0.05) is 34.9 Å². The second-order valence-electron chi connectivity index (χ2n) is 5.98. The average molecular weight is 354 g/mol. The second kappa shape index (κ2) is 7.27. The van der Waals surface area contributed by atoms with Gasteiger partial charge in [-0.25, -0.2) is 0 Å². The molecule has 0 radical (unpaired) electrons. The predicted octanol–water partition coefficient (Wildman–Crippen LogP) is 2.98. The van der Waals surface area contributed by atoms with Gasteiger partial charge in [0.1, 0.15) is 0 Å². The summed E-state index contributed by atoms with van der Waals surface area (Å²) in [5, 5.41) is 0. The minimum atomic E-state index is 0.115. The third-order valence-corrected chi connectivity index (χ3v) is 4.75. The second-order valence-corrected chi connectivity index (χ2v) is 6.83. The van der Waals surface area contributed by atoms with Gasteiger partial charge in [0.05, 0.1) is 0 Å². The van der Waals surface area contributed by atoms with Crippen molar-refractivity contribution in [1.29, 1.82) is 0 Å². The van der Waals surface area contributed by atoms with Crippen LogP contribution in [0.25, 0.3) is 0 Å². The van der Waals surface area contributed by atoms with Crippen molar-refractivity contribution < 1.29 is 4.79 Å². The van der Waals surface area contributed by atoms with Gasteiger partial charge in [-0.2, -0.15) is 0 Å². The first-order valence-corrected chi connectivity index (χ1v) is 8.29. The molecule has 0 bridgehead atoms. The highest BCUT2D eigenvalue weighted by molar-refractivity contribution is 9.10. The van der Waals surface area contributed by atoms with E-state index in [0.29, 0.717) is 17.3 Å². The number of hydrogen-bond donors (Lipinski definition) is 1. The molecule has 1 aliphatic rings. The Kier molecular flexibility index (Phi) is 5.65. The van der Waals surface area contributed by atoms with Gasteiger partial charge >= 0.3 is 0 Å². The van der Waals surface area contributed by atoms with E-state index in [1.165, 1.54) is 12.8 Å². The van der Waals surface area contributed by atoms with Gasteiger partial charge in [0.15, 0.2) is 0 Å². The van der Waals surface area contributed by atoms with Crippen molar-refractivity contribution in [2.24, 2.45) is 0 Å². The van der Waals surface area contributed by atoms with Gasteiger partial charge in [-0.3, -0.25) is 4.79 Å². The molecule has 4 nitrogen and oxygen atoms in total. The fourth-order valence-electron chi connectivity index (χ4n) is 2.80. The van der Waals surface area contributed by atoms with Gasteiger partial charge in [-0.15, -0.1) is 0 Å². The van der Waals surface area contributed by atoms with Gasteiger partial charge in [-0.1, -0.05) is 12.8 Å². The summed E-state index contributed by atoms with van der Waals surface area (Å²) in [4.78, 5) is 17.0. The number of nitrogen functional groups attached to an aromatic ring is 1. The molecule has 1 amide bonds. The van der Waals surface area contributed by atoms with Crippen LogP contribution in [0.5, 0.6) is 0 Å². The van der Waals surface area contributed by atoms with E-state index < -0.39 is 0 Å². The fraction of sp³-hybridized carbons (Fsp3) is 0.562. The first kappa shape index (κ1) is 16.3. The molecule has 21 heavy (non-hydrogen) atoms. The van der Waals surface area contributed by atoms with Crippen LogP contribution in [0, 0.1) is 0 Å². The van der Waals surface area contributed by atoms with Crippen LogP contribution < -0.4 is 5.73 Å². The van der Waals surface area contributed by atoms with Crippen molar-refractivity contribution in [3.63, 3.8) is 0 Å². The molecule has 0 saturated heterocycles. The molecule has 1 aliphatic carbocycles. The summed E-state index contributed by atoms with van der Waals surface area (Å²) in [5.41, 5.74) is 7.18. The van der Waals surface area contributed by atoms with Crippen LogP contribution in [-0.2, 0) is 0 Å². The number of rotatable bonds is 5. The Morgan fingerprint density at radius 3 is 2.52 bits per heavy atom. The third-order valence-electron chi connectivity index (χ3n) is 4.06. The van der Waals surface area contributed by atoms with E-state index in [4.69, 9.17) is 5.73 Å². The molecule has 0 unspecified atom stereocenters. The minimum absolute atomic E-state index is 0.115. The Hall–Kier alpha value is -1.07. The quantitative estimate of drug-likeness (QED) is 0.827. The van der Waals surface area contributed by atoms with Crippen molar-refractivity contribution in [2.45, 2.75) is 31.7 Å². The smallest absolute Gasteiger partial charge is 0.254 e. The SMILES string of the molecule is CN(C)CCN(C(=O)c1ccc(N)c(Br)c1)C1CCCC1. The molecular weight excluding hydrogens is 330 g/mol. The highest BCUT2D eigenvalue weighted by atomic mass is 79.9. The van der Waals surface area contributed by atoms with Crippen molar-refractivity contribution in [3.05, 3.63) is 28.2 Å². The standard InChI is InChI=1S/C16H24BrN3O/c1-19(2)9-10-20(13-5-3-4-6-13)16(21)12-7-8-15(18)14(17)11-12/h7-8,11,13H,3-6,9-10,18H2,1-2H3. The molecule has 1 aromatic carbocycles. The van der Waals surface area contributed by atoms with E-state index in [0.717, 1.165) is 30.4 Å². The highest BCUT2D eigenvalue weighted by Crippen LogP contribution is 2.26. The zero-order chi connectivity index (χ0) is 15.4. The molecule has 1 fully saturated rings. The molecule has 1 saturated carbocycles. The lowest BCUT2D eigenvalue weighted by Gasteiger charge is -2.30. The Balaban J connectivity index is 2.17. The summed E-state index contributed by atoms with van der Waals surface area (Å²) in [5.74, 6) is 0.115. The lowest BCUT2D eigenvalue weighted by Crippen LogP contribution is -2.42. The largest absolute Gasteiger partial charge is 0.398 e. The Morgan fingerprint density at radius 2 is 1.95 bits per heavy atom. The molecule has 2 N–H and O–H groups in total. The van der Waals surface area contributed by atoms with Gasteiger partial charge in [-0.05, 0) is 61.1 Å². The van der Waals surface area contributed by atoms with E-state index in [9.17, 15) is 4.79 Å². The molecule has 5 heteroatoms. The molecule has 1 aromatic rings. The van der Waals surface area contributed by atoms with Crippen LogP contribution in [0.3, 0.4) is 0 Å². The van der Waals surface area contributed by atoms with Gasteiger partial charge in [0.25, 0.3) is 5.91 Å². The van der Waals surface area contributed by atoms with Crippen LogP contribution in [0.4, 0.5) is 5.69 Å². The van der Waals surface area contributed by atoms with E-state index in [1.54, 1.807) is 6.07 Å². The van der Waals surface area contributed by atoms with E-state index in [1.807, 2.05) is 31.1 Å². The summed E-state index contributed by atoms with van der Waals surface area (Å²) >= 11 is 3.41. The number of carbonyl (C=O) groups is 1. The monoisotopic (exact) mass is 353 g/mol. The maximum atomic E-state index is 12.9. The Labute approximate surface area is 135 Å². The van der Waals surface area contributed by atoms with E-state index >= 15 is 0 Å². The molecule has 116 valence electrons. The molecule has 0 atom stereocenters. The van der Waals surface area contributed by atoms with Crippen molar-refractivity contribution in [3.8, 4) is 0 Å². The third kappa shape index (κ3) is 4.20. The molecule has 0 heterocycles. The van der Waals surface area contributed by atoms with Gasteiger partial charge < -0.3 is 15.5 Å². The molecule has 2 rings (SSSR count).